The van der Waals surface area contributed by atoms with Crippen LogP contribution in [0.15, 0.2) is 17.9 Å². The standard InChI is InChI=1S/C7H13N/c1-2-3-4-5-6-7-8/h4,6H,2-3,7-8H2,1H3. The molecule has 2 N–H and O–H groups in total. The van der Waals surface area contributed by atoms with E-state index in [9.17, 15) is 0 Å². The van der Waals surface area contributed by atoms with E-state index in [1.54, 1.807) is 0 Å². The van der Waals surface area contributed by atoms with E-state index in [0.717, 1.165) is 6.42 Å². The third-order valence-corrected chi connectivity index (χ3v) is 0.787. The highest BCUT2D eigenvalue weighted by Crippen LogP contribution is 1.84. The van der Waals surface area contributed by atoms with Gasteiger partial charge in [-0.2, -0.15) is 0 Å². The minimum Gasteiger partial charge on any atom is -0.326 e. The SMILES string of the molecule is CCCC=C=CCN. The molecule has 0 unspecified atom stereocenters. The fraction of sp³-hybridized carbons (Fsp3) is 0.571. The average Bonchev–Trinajstić information content (AvgIpc) is 1.81. The first kappa shape index (κ1) is 7.48. The fourth-order valence-electron chi connectivity index (χ4n) is 0.379. The van der Waals surface area contributed by atoms with Gasteiger partial charge in [0.2, 0.25) is 0 Å². The van der Waals surface area contributed by atoms with E-state index < -0.39 is 0 Å². The summed E-state index contributed by atoms with van der Waals surface area (Å²) in [5.74, 6) is 0. The van der Waals surface area contributed by atoms with Gasteiger partial charge < -0.3 is 5.73 Å². The van der Waals surface area contributed by atoms with Gasteiger partial charge in [0.05, 0.1) is 0 Å². The molecule has 0 bridgehead atoms. The van der Waals surface area contributed by atoms with Crippen LogP contribution in [-0.4, -0.2) is 6.54 Å². The van der Waals surface area contributed by atoms with Crippen molar-refractivity contribution in [3.8, 4) is 0 Å². The summed E-state index contributed by atoms with van der Waals surface area (Å²) in [5, 5.41) is 0. The van der Waals surface area contributed by atoms with Gasteiger partial charge in [0, 0.05) is 6.54 Å². The first-order valence-electron chi connectivity index (χ1n) is 3.01. The Labute approximate surface area is 50.9 Å². The summed E-state index contributed by atoms with van der Waals surface area (Å²) in [4.78, 5) is 0. The highest BCUT2D eigenvalue weighted by Gasteiger charge is 1.66. The molecule has 1 heteroatoms. The lowest BCUT2D eigenvalue weighted by molar-refractivity contribution is 0.959. The van der Waals surface area contributed by atoms with Crippen molar-refractivity contribution >= 4 is 0 Å². The molecule has 0 aliphatic rings. The van der Waals surface area contributed by atoms with Crippen molar-refractivity contribution in [2.24, 2.45) is 5.73 Å². The van der Waals surface area contributed by atoms with Crippen LogP contribution in [0.5, 0.6) is 0 Å². The second kappa shape index (κ2) is 6.48. The Kier molecular flexibility index (Phi) is 6.06. The molecular weight excluding hydrogens is 98.1 g/mol. The smallest absolute Gasteiger partial charge is 0.0182 e. The molecule has 0 saturated carbocycles. The van der Waals surface area contributed by atoms with E-state index in [2.05, 4.69) is 12.7 Å². The number of rotatable bonds is 3. The molecule has 0 saturated heterocycles. The van der Waals surface area contributed by atoms with Crippen LogP contribution >= 0.6 is 0 Å². The monoisotopic (exact) mass is 111 g/mol. The number of nitrogens with two attached hydrogens (primary N) is 1. The molecule has 8 heavy (non-hydrogen) atoms. The summed E-state index contributed by atoms with van der Waals surface area (Å²) in [5.41, 5.74) is 8.13. The molecule has 0 heterocycles. The maximum absolute atomic E-state index is 5.17. The van der Waals surface area contributed by atoms with Crippen molar-refractivity contribution in [2.45, 2.75) is 19.8 Å². The van der Waals surface area contributed by atoms with Crippen LogP contribution < -0.4 is 5.73 Å². The summed E-state index contributed by atoms with van der Waals surface area (Å²) in [6.07, 6.45) is 6.13. The van der Waals surface area contributed by atoms with Gasteiger partial charge in [0.15, 0.2) is 0 Å². The molecule has 0 amide bonds. The minimum absolute atomic E-state index is 0.597. The summed E-state index contributed by atoms with van der Waals surface area (Å²) < 4.78 is 0. The second-order valence-electron chi connectivity index (χ2n) is 1.60. The number of unbranched alkanes of at least 4 members (excludes halogenated alkanes) is 1. The third-order valence-electron chi connectivity index (χ3n) is 0.787. The highest BCUT2D eigenvalue weighted by atomic mass is 14.5. The lowest BCUT2D eigenvalue weighted by Gasteiger charge is -1.75. The zero-order valence-electron chi connectivity index (χ0n) is 5.35. The molecule has 0 radical (unpaired) electrons. The lowest BCUT2D eigenvalue weighted by atomic mass is 10.3. The summed E-state index contributed by atoms with van der Waals surface area (Å²) in [6, 6.07) is 0. The average molecular weight is 111 g/mol. The Morgan fingerprint density at radius 2 is 2.25 bits per heavy atom. The zero-order chi connectivity index (χ0) is 6.24. The van der Waals surface area contributed by atoms with Crippen LogP contribution in [0, 0.1) is 0 Å². The van der Waals surface area contributed by atoms with Gasteiger partial charge in [0.1, 0.15) is 0 Å². The Hall–Kier alpha value is -0.520. The first-order chi connectivity index (χ1) is 3.91. The van der Waals surface area contributed by atoms with Crippen molar-refractivity contribution in [1.29, 1.82) is 0 Å². The molecule has 0 rings (SSSR count). The Bertz CT molecular complexity index is 88.6. The first-order valence-corrected chi connectivity index (χ1v) is 3.01. The Morgan fingerprint density at radius 1 is 1.50 bits per heavy atom. The van der Waals surface area contributed by atoms with Crippen LogP contribution in [0.2, 0.25) is 0 Å². The van der Waals surface area contributed by atoms with Crippen molar-refractivity contribution in [1.82, 2.24) is 0 Å². The topological polar surface area (TPSA) is 26.0 Å². The van der Waals surface area contributed by atoms with E-state index in [1.807, 2.05) is 12.2 Å². The minimum atomic E-state index is 0.597. The predicted octanol–water partition coefficient (Wildman–Crippen LogP) is 1.46. The van der Waals surface area contributed by atoms with E-state index in [1.165, 1.54) is 6.42 Å². The fourth-order valence-corrected chi connectivity index (χ4v) is 0.379. The molecule has 0 spiro atoms. The van der Waals surface area contributed by atoms with Gasteiger partial charge in [-0.1, -0.05) is 13.3 Å². The van der Waals surface area contributed by atoms with E-state index in [-0.39, 0.29) is 0 Å². The molecule has 0 aromatic rings. The molecule has 46 valence electrons. The predicted molar refractivity (Wildman–Crippen MR) is 36.6 cm³/mol. The van der Waals surface area contributed by atoms with Gasteiger partial charge in [-0.3, -0.25) is 0 Å². The maximum Gasteiger partial charge on any atom is 0.0182 e. The van der Waals surface area contributed by atoms with Gasteiger partial charge in [-0.25, -0.2) is 0 Å². The maximum atomic E-state index is 5.17. The van der Waals surface area contributed by atoms with Gasteiger partial charge in [0.25, 0.3) is 0 Å². The van der Waals surface area contributed by atoms with Crippen LogP contribution in [0.3, 0.4) is 0 Å². The zero-order valence-corrected chi connectivity index (χ0v) is 5.35. The Morgan fingerprint density at radius 3 is 2.75 bits per heavy atom. The molecule has 0 aromatic heterocycles. The van der Waals surface area contributed by atoms with Crippen LogP contribution in [-0.2, 0) is 0 Å². The molecule has 0 fully saturated rings. The van der Waals surface area contributed by atoms with Crippen molar-refractivity contribution in [3.05, 3.63) is 17.9 Å². The van der Waals surface area contributed by atoms with E-state index in [4.69, 9.17) is 5.73 Å². The molecule has 0 atom stereocenters. The molecule has 0 aromatic carbocycles. The summed E-state index contributed by atoms with van der Waals surface area (Å²) in [7, 11) is 0. The normalized spacial score (nSPS) is 7.75. The van der Waals surface area contributed by atoms with E-state index in [0.29, 0.717) is 6.54 Å². The number of hydrogen-bond donors (Lipinski definition) is 1. The van der Waals surface area contributed by atoms with Crippen molar-refractivity contribution in [2.75, 3.05) is 6.54 Å². The van der Waals surface area contributed by atoms with Gasteiger partial charge in [-0.05, 0) is 18.6 Å². The van der Waals surface area contributed by atoms with Gasteiger partial charge >= 0.3 is 0 Å². The van der Waals surface area contributed by atoms with Crippen LogP contribution in [0.25, 0.3) is 0 Å². The largest absolute Gasteiger partial charge is 0.326 e. The molecule has 0 aliphatic heterocycles. The van der Waals surface area contributed by atoms with Crippen molar-refractivity contribution < 1.29 is 0 Å². The second-order valence-corrected chi connectivity index (χ2v) is 1.60. The third kappa shape index (κ3) is 5.48. The quantitative estimate of drug-likeness (QED) is 0.548. The summed E-state index contributed by atoms with van der Waals surface area (Å²) >= 11 is 0. The number of hydrogen-bond acceptors (Lipinski definition) is 1. The lowest BCUT2D eigenvalue weighted by Crippen LogP contribution is -1.90. The van der Waals surface area contributed by atoms with Gasteiger partial charge in [-0.15, -0.1) is 5.73 Å². The molecular formula is C7H13N. The van der Waals surface area contributed by atoms with Crippen molar-refractivity contribution in [3.63, 3.8) is 0 Å². The summed E-state index contributed by atoms with van der Waals surface area (Å²) in [6.45, 7) is 2.74. The molecule has 0 aliphatic carbocycles. The highest BCUT2D eigenvalue weighted by molar-refractivity contribution is 4.84. The van der Waals surface area contributed by atoms with Crippen LogP contribution in [0.4, 0.5) is 0 Å². The van der Waals surface area contributed by atoms with Crippen LogP contribution in [0.1, 0.15) is 19.8 Å². The van der Waals surface area contributed by atoms with E-state index >= 15 is 0 Å². The molecule has 1 nitrogen and oxygen atoms in total. The Balaban J connectivity index is 3.18.